The number of hydrogen-bond acceptors (Lipinski definition) is 2. The van der Waals surface area contributed by atoms with Crippen LogP contribution in [0.3, 0.4) is 0 Å². The molecule has 0 aromatic heterocycles. The minimum Gasteiger partial charge on any atom is -0.466 e. The van der Waals surface area contributed by atoms with Gasteiger partial charge in [0.15, 0.2) is 0 Å². The molecule has 0 aromatic carbocycles. The molecular formula is C16H30O2. The van der Waals surface area contributed by atoms with Crippen LogP contribution in [0.5, 0.6) is 0 Å². The predicted octanol–water partition coefficient (Wildman–Crippen LogP) is 4.88. The zero-order chi connectivity index (χ0) is 13.6. The Bertz CT molecular complexity index is 219. The molecule has 0 heterocycles. The van der Waals surface area contributed by atoms with E-state index in [0.29, 0.717) is 18.9 Å². The van der Waals surface area contributed by atoms with Crippen molar-refractivity contribution in [3.63, 3.8) is 0 Å². The van der Waals surface area contributed by atoms with Crippen molar-refractivity contribution in [3.8, 4) is 0 Å². The molecule has 0 bridgehead atoms. The summed E-state index contributed by atoms with van der Waals surface area (Å²) in [5.41, 5.74) is 0. The first kappa shape index (κ1) is 17.2. The Labute approximate surface area is 113 Å². The minimum atomic E-state index is -0.0365. The number of ether oxygens (including phenoxy) is 1. The molecule has 0 rings (SSSR count). The van der Waals surface area contributed by atoms with Gasteiger partial charge in [-0.15, -0.1) is 0 Å². The standard InChI is InChI=1S/C16H30O2/c1-4-5-6-7-8-9-10-11-12-16(17)18-14-13-15(2)3/h7-8,15H,4-6,9-14H2,1-3H3. The first-order chi connectivity index (χ1) is 8.66. The molecule has 0 unspecified atom stereocenters. The number of allylic oxidation sites excluding steroid dienone is 2. The summed E-state index contributed by atoms with van der Waals surface area (Å²) in [6.07, 6.45) is 12.9. The Morgan fingerprint density at radius 2 is 1.78 bits per heavy atom. The zero-order valence-corrected chi connectivity index (χ0v) is 12.4. The van der Waals surface area contributed by atoms with E-state index in [1.54, 1.807) is 0 Å². The molecule has 0 N–H and O–H groups in total. The first-order valence-corrected chi connectivity index (χ1v) is 7.47. The Morgan fingerprint density at radius 1 is 1.11 bits per heavy atom. The van der Waals surface area contributed by atoms with Gasteiger partial charge in [0.05, 0.1) is 6.61 Å². The lowest BCUT2D eigenvalue weighted by Gasteiger charge is -2.06. The lowest BCUT2D eigenvalue weighted by molar-refractivity contribution is -0.144. The molecule has 0 fully saturated rings. The number of esters is 1. The maximum Gasteiger partial charge on any atom is 0.305 e. The summed E-state index contributed by atoms with van der Waals surface area (Å²) in [5.74, 6) is 0.566. The maximum absolute atomic E-state index is 11.4. The molecule has 106 valence electrons. The highest BCUT2D eigenvalue weighted by atomic mass is 16.5. The molecule has 0 aliphatic carbocycles. The molecule has 2 nitrogen and oxygen atoms in total. The maximum atomic E-state index is 11.4. The largest absolute Gasteiger partial charge is 0.466 e. The third kappa shape index (κ3) is 13.3. The van der Waals surface area contributed by atoms with Gasteiger partial charge >= 0.3 is 5.97 Å². The van der Waals surface area contributed by atoms with E-state index in [1.165, 1.54) is 19.3 Å². The molecule has 0 radical (unpaired) electrons. The molecule has 0 aliphatic rings. The van der Waals surface area contributed by atoms with Crippen LogP contribution in [0.25, 0.3) is 0 Å². The van der Waals surface area contributed by atoms with Crippen molar-refractivity contribution >= 4 is 5.97 Å². The lowest BCUT2D eigenvalue weighted by atomic mass is 10.1. The fourth-order valence-corrected chi connectivity index (χ4v) is 1.57. The van der Waals surface area contributed by atoms with Crippen molar-refractivity contribution in [2.75, 3.05) is 6.61 Å². The van der Waals surface area contributed by atoms with Gasteiger partial charge in [0, 0.05) is 6.42 Å². The fraction of sp³-hybridized carbons (Fsp3) is 0.812. The van der Waals surface area contributed by atoms with E-state index in [9.17, 15) is 4.79 Å². The summed E-state index contributed by atoms with van der Waals surface area (Å²) in [6.45, 7) is 7.06. The summed E-state index contributed by atoms with van der Waals surface area (Å²) in [7, 11) is 0. The molecule has 0 aliphatic heterocycles. The van der Waals surface area contributed by atoms with Crippen LogP contribution in [-0.4, -0.2) is 12.6 Å². The summed E-state index contributed by atoms with van der Waals surface area (Å²) in [4.78, 5) is 11.4. The number of rotatable bonds is 11. The number of hydrogen-bond donors (Lipinski definition) is 0. The Hall–Kier alpha value is -0.790. The molecule has 0 amide bonds. The third-order valence-electron chi connectivity index (χ3n) is 2.85. The SMILES string of the molecule is CCCCC=CCCCCC(=O)OCCC(C)C. The molecular weight excluding hydrogens is 224 g/mol. The second kappa shape index (κ2) is 12.7. The van der Waals surface area contributed by atoms with Gasteiger partial charge in [-0.1, -0.05) is 45.8 Å². The van der Waals surface area contributed by atoms with Crippen LogP contribution in [-0.2, 0) is 9.53 Å². The van der Waals surface area contributed by atoms with Gasteiger partial charge in [0.25, 0.3) is 0 Å². The van der Waals surface area contributed by atoms with E-state index in [4.69, 9.17) is 4.74 Å². The quantitative estimate of drug-likeness (QED) is 0.298. The van der Waals surface area contributed by atoms with E-state index in [2.05, 4.69) is 32.9 Å². The average Bonchev–Trinajstić information content (AvgIpc) is 2.32. The second-order valence-corrected chi connectivity index (χ2v) is 5.26. The summed E-state index contributed by atoms with van der Waals surface area (Å²) < 4.78 is 5.16. The van der Waals surface area contributed by atoms with Crippen LogP contribution < -0.4 is 0 Å². The van der Waals surface area contributed by atoms with Crippen LogP contribution in [0.15, 0.2) is 12.2 Å². The van der Waals surface area contributed by atoms with Crippen molar-refractivity contribution in [1.29, 1.82) is 0 Å². The number of unbranched alkanes of at least 4 members (excludes halogenated alkanes) is 4. The molecule has 0 aromatic rings. The minimum absolute atomic E-state index is 0.0365. The fourth-order valence-electron chi connectivity index (χ4n) is 1.57. The topological polar surface area (TPSA) is 26.3 Å². The van der Waals surface area contributed by atoms with Crippen molar-refractivity contribution in [3.05, 3.63) is 12.2 Å². The van der Waals surface area contributed by atoms with Crippen LogP contribution >= 0.6 is 0 Å². The smallest absolute Gasteiger partial charge is 0.305 e. The van der Waals surface area contributed by atoms with Crippen molar-refractivity contribution in [2.24, 2.45) is 5.92 Å². The normalized spacial score (nSPS) is 11.3. The Kier molecular flexibility index (Phi) is 12.1. The van der Waals surface area contributed by atoms with Crippen molar-refractivity contribution in [2.45, 2.75) is 72.1 Å². The first-order valence-electron chi connectivity index (χ1n) is 7.47. The molecule has 18 heavy (non-hydrogen) atoms. The van der Waals surface area contributed by atoms with Gasteiger partial charge in [0.1, 0.15) is 0 Å². The van der Waals surface area contributed by atoms with E-state index < -0.39 is 0 Å². The molecule has 2 heteroatoms. The second-order valence-electron chi connectivity index (χ2n) is 5.26. The zero-order valence-electron chi connectivity index (χ0n) is 12.4. The molecule has 0 atom stereocenters. The highest BCUT2D eigenvalue weighted by molar-refractivity contribution is 5.69. The van der Waals surface area contributed by atoms with Crippen molar-refractivity contribution < 1.29 is 9.53 Å². The molecule has 0 spiro atoms. The van der Waals surface area contributed by atoms with Gasteiger partial charge in [-0.05, 0) is 38.0 Å². The van der Waals surface area contributed by atoms with Gasteiger partial charge < -0.3 is 4.74 Å². The number of carbonyl (C=O) groups excluding carboxylic acids is 1. The summed E-state index contributed by atoms with van der Waals surface area (Å²) in [5, 5.41) is 0. The van der Waals surface area contributed by atoms with Gasteiger partial charge in [-0.2, -0.15) is 0 Å². The molecule has 0 saturated heterocycles. The average molecular weight is 254 g/mol. The monoisotopic (exact) mass is 254 g/mol. The van der Waals surface area contributed by atoms with E-state index >= 15 is 0 Å². The molecule has 0 saturated carbocycles. The van der Waals surface area contributed by atoms with Gasteiger partial charge in [0.2, 0.25) is 0 Å². The summed E-state index contributed by atoms with van der Waals surface area (Å²) in [6, 6.07) is 0. The Morgan fingerprint density at radius 3 is 2.39 bits per heavy atom. The van der Waals surface area contributed by atoms with E-state index in [1.807, 2.05) is 0 Å². The highest BCUT2D eigenvalue weighted by Gasteiger charge is 2.02. The van der Waals surface area contributed by atoms with Crippen molar-refractivity contribution in [1.82, 2.24) is 0 Å². The van der Waals surface area contributed by atoms with E-state index in [0.717, 1.165) is 25.7 Å². The van der Waals surface area contributed by atoms with Crippen LogP contribution in [0.1, 0.15) is 72.1 Å². The highest BCUT2D eigenvalue weighted by Crippen LogP contribution is 2.05. The van der Waals surface area contributed by atoms with Crippen LogP contribution in [0.2, 0.25) is 0 Å². The van der Waals surface area contributed by atoms with Gasteiger partial charge in [-0.25, -0.2) is 0 Å². The lowest BCUT2D eigenvalue weighted by Crippen LogP contribution is -2.07. The van der Waals surface area contributed by atoms with Crippen LogP contribution in [0.4, 0.5) is 0 Å². The third-order valence-corrected chi connectivity index (χ3v) is 2.85. The van der Waals surface area contributed by atoms with Crippen LogP contribution in [0, 0.1) is 5.92 Å². The number of carbonyl (C=O) groups is 1. The Balaban J connectivity index is 3.27. The van der Waals surface area contributed by atoms with Gasteiger partial charge in [-0.3, -0.25) is 4.79 Å². The predicted molar refractivity (Wildman–Crippen MR) is 77.5 cm³/mol. The van der Waals surface area contributed by atoms with E-state index in [-0.39, 0.29) is 5.97 Å². The summed E-state index contributed by atoms with van der Waals surface area (Å²) >= 11 is 0.